The number of nitrogens with zero attached hydrogens (tertiary/aromatic N) is 5. The minimum atomic E-state index is 0.155. The summed E-state index contributed by atoms with van der Waals surface area (Å²) in [4.78, 5) is 25.8. The first-order valence-electron chi connectivity index (χ1n) is 18.7. The number of pyridine rings is 3. The molecule has 1 amide bonds. The van der Waals surface area contributed by atoms with Gasteiger partial charge in [0.25, 0.3) is 0 Å². The number of aryl methyl sites for hydroxylation is 3. The van der Waals surface area contributed by atoms with E-state index in [4.69, 9.17) is 0 Å². The van der Waals surface area contributed by atoms with Crippen molar-refractivity contribution >= 4 is 5.91 Å². The van der Waals surface area contributed by atoms with Gasteiger partial charge in [0.05, 0.1) is 0 Å². The van der Waals surface area contributed by atoms with Gasteiger partial charge >= 0.3 is 0 Å². The predicted octanol–water partition coefficient (Wildman–Crippen LogP) is 8.95. The Morgan fingerprint density at radius 3 is 2.34 bits per heavy atom. The van der Waals surface area contributed by atoms with Gasteiger partial charge in [0.15, 0.2) is 18.2 Å². The molecule has 3 unspecified atom stereocenters. The number of amides is 1. The van der Waals surface area contributed by atoms with Crippen LogP contribution in [0.3, 0.4) is 0 Å². The van der Waals surface area contributed by atoms with Crippen LogP contribution >= 0.6 is 0 Å². The van der Waals surface area contributed by atoms with Crippen LogP contribution in [0.5, 0.6) is 0 Å². The van der Waals surface area contributed by atoms with Crippen LogP contribution in [0.1, 0.15) is 112 Å². The van der Waals surface area contributed by atoms with Gasteiger partial charge in [0, 0.05) is 68.5 Å². The Labute approximate surface area is 299 Å². The van der Waals surface area contributed by atoms with Crippen molar-refractivity contribution in [3.63, 3.8) is 0 Å². The lowest BCUT2D eigenvalue weighted by molar-refractivity contribution is -0.697. The van der Waals surface area contributed by atoms with Gasteiger partial charge in [-0.2, -0.15) is 0 Å². The summed E-state index contributed by atoms with van der Waals surface area (Å²) < 4.78 is 4.42. The van der Waals surface area contributed by atoms with E-state index in [1.807, 2.05) is 49.9 Å². The van der Waals surface area contributed by atoms with Gasteiger partial charge in [-0.3, -0.25) is 9.78 Å². The molecule has 50 heavy (non-hydrogen) atoms. The number of carbonyl (C=O) groups excluding carboxylic acids is 1. The molecule has 0 fully saturated rings. The molecule has 5 aromatic rings. The van der Waals surface area contributed by atoms with E-state index < -0.39 is 0 Å². The molecule has 0 aliphatic carbocycles. The number of rotatable bonds is 20. The molecule has 5 rings (SSSR count). The van der Waals surface area contributed by atoms with Gasteiger partial charge in [-0.05, 0) is 111 Å². The molecule has 4 heterocycles. The summed E-state index contributed by atoms with van der Waals surface area (Å²) in [6, 6.07) is 26.0. The van der Waals surface area contributed by atoms with E-state index in [9.17, 15) is 4.79 Å². The van der Waals surface area contributed by atoms with Crippen molar-refractivity contribution in [2.75, 3.05) is 6.54 Å². The fourth-order valence-corrected chi connectivity index (χ4v) is 6.99. The highest BCUT2D eigenvalue weighted by molar-refractivity contribution is 5.75. The first kappa shape index (κ1) is 36.6. The van der Waals surface area contributed by atoms with E-state index in [-0.39, 0.29) is 5.91 Å². The molecule has 0 spiro atoms. The van der Waals surface area contributed by atoms with E-state index in [2.05, 4.69) is 110 Å². The largest absolute Gasteiger partial charge is 0.356 e. The van der Waals surface area contributed by atoms with Gasteiger partial charge in [-0.15, -0.1) is 0 Å². The van der Waals surface area contributed by atoms with Crippen molar-refractivity contribution in [3.8, 4) is 11.5 Å². The molecular weight excluding hydrogens is 617 g/mol. The quantitative estimate of drug-likeness (QED) is 0.0662. The van der Waals surface area contributed by atoms with Gasteiger partial charge in [-0.25, -0.2) is 14.5 Å². The van der Waals surface area contributed by atoms with Crippen LogP contribution in [-0.2, 0) is 17.9 Å². The van der Waals surface area contributed by atoms with Crippen LogP contribution in [0.2, 0.25) is 0 Å². The van der Waals surface area contributed by atoms with Gasteiger partial charge < -0.3 is 9.88 Å². The Kier molecular flexibility index (Phi) is 14.3. The molecule has 0 aliphatic rings. The maximum absolute atomic E-state index is 12.4. The zero-order valence-electron chi connectivity index (χ0n) is 30.3. The molecule has 0 saturated heterocycles. The average molecular weight is 672 g/mol. The third-order valence-electron chi connectivity index (χ3n) is 9.94. The highest BCUT2D eigenvalue weighted by Gasteiger charge is 2.22. The Morgan fingerprint density at radius 2 is 1.58 bits per heavy atom. The number of carbonyl (C=O) groups is 1. The number of nitrogens with one attached hydrogen (secondary N) is 1. The highest BCUT2D eigenvalue weighted by atomic mass is 16.1. The Balaban J connectivity index is 0.983. The molecule has 4 aromatic heterocycles. The third kappa shape index (κ3) is 11.2. The van der Waals surface area contributed by atoms with Gasteiger partial charge in [-0.1, -0.05) is 50.2 Å². The van der Waals surface area contributed by atoms with Crippen molar-refractivity contribution in [3.05, 3.63) is 132 Å². The van der Waals surface area contributed by atoms with E-state index in [1.54, 1.807) is 0 Å². The first-order chi connectivity index (χ1) is 24.5. The van der Waals surface area contributed by atoms with Crippen molar-refractivity contribution in [1.29, 1.82) is 0 Å². The van der Waals surface area contributed by atoms with E-state index >= 15 is 0 Å². The Hall–Kier alpha value is -4.65. The van der Waals surface area contributed by atoms with Crippen molar-refractivity contribution < 1.29 is 9.36 Å². The van der Waals surface area contributed by atoms with Crippen LogP contribution in [0.4, 0.5) is 0 Å². The molecule has 1 N–H and O–H groups in total. The number of benzene rings is 1. The third-order valence-corrected chi connectivity index (χ3v) is 9.94. The maximum Gasteiger partial charge on any atom is 0.219 e. The van der Waals surface area contributed by atoms with E-state index in [1.165, 1.54) is 16.7 Å². The fraction of sp³-hybridized carbons (Fsp3) is 0.419. The number of hydrogen-bond donors (Lipinski definition) is 1. The van der Waals surface area contributed by atoms with E-state index in [0.717, 1.165) is 81.7 Å². The minimum Gasteiger partial charge on any atom is -0.356 e. The topological polar surface area (TPSA) is 76.6 Å². The normalized spacial score (nSPS) is 13.1. The SMILES string of the molecule is CCC(CC(CC(C)c1cc[n+](CCCCCC(=O)NCCCCn2ccnc2-c2cccc(C)n2)cc1)c1ccncc1)c1ccccc1. The Bertz CT molecular complexity index is 1700. The highest BCUT2D eigenvalue weighted by Crippen LogP contribution is 2.38. The molecule has 0 bridgehead atoms. The number of imidazole rings is 1. The summed E-state index contributed by atoms with van der Waals surface area (Å²) in [5, 5.41) is 3.10. The van der Waals surface area contributed by atoms with Crippen LogP contribution < -0.4 is 9.88 Å². The molecule has 262 valence electrons. The lowest BCUT2D eigenvalue weighted by Gasteiger charge is -2.26. The molecule has 1 aromatic carbocycles. The predicted molar refractivity (Wildman–Crippen MR) is 202 cm³/mol. The minimum absolute atomic E-state index is 0.155. The molecule has 0 radical (unpaired) electrons. The smallest absolute Gasteiger partial charge is 0.219 e. The first-order valence-corrected chi connectivity index (χ1v) is 18.7. The summed E-state index contributed by atoms with van der Waals surface area (Å²) in [7, 11) is 0. The second-order valence-electron chi connectivity index (χ2n) is 13.7. The standard InChI is InChI=1S/C43H54N6O/c1-4-36(38-15-7-5-8-16-38)33-40(39-19-24-44-25-20-39)32-34(2)37-21-29-48(30-22-37)27-11-6-9-18-42(50)45-23-10-12-28-49-31-26-46-43(49)41-17-13-14-35(3)47-41/h5,7-8,13-17,19-22,24-26,29-31,34,36,40H,4,6,9-12,18,23,27-28,32-33H2,1-3H3/p+1. The van der Waals surface area contributed by atoms with Crippen LogP contribution in [0.25, 0.3) is 11.5 Å². The van der Waals surface area contributed by atoms with Crippen molar-refractivity contribution in [1.82, 2.24) is 24.8 Å². The van der Waals surface area contributed by atoms with Crippen molar-refractivity contribution in [2.24, 2.45) is 0 Å². The lowest BCUT2D eigenvalue weighted by Crippen LogP contribution is -2.32. The van der Waals surface area contributed by atoms with Gasteiger partial charge in [0.1, 0.15) is 12.2 Å². The van der Waals surface area contributed by atoms with E-state index in [0.29, 0.717) is 30.7 Å². The van der Waals surface area contributed by atoms with Gasteiger partial charge in [0.2, 0.25) is 5.91 Å². The monoisotopic (exact) mass is 671 g/mol. The summed E-state index contributed by atoms with van der Waals surface area (Å²) in [6.07, 6.45) is 21.1. The molecule has 3 atom stereocenters. The fourth-order valence-electron chi connectivity index (χ4n) is 6.99. The number of hydrogen-bond acceptors (Lipinski definition) is 4. The summed E-state index contributed by atoms with van der Waals surface area (Å²) in [5.74, 6) is 2.52. The molecular formula is C43H55N6O+. The zero-order valence-corrected chi connectivity index (χ0v) is 30.3. The lowest BCUT2D eigenvalue weighted by atomic mass is 9.79. The number of aromatic nitrogens is 5. The van der Waals surface area contributed by atoms with Crippen molar-refractivity contribution in [2.45, 2.75) is 109 Å². The second-order valence-corrected chi connectivity index (χ2v) is 13.7. The second kappa shape index (κ2) is 19.5. The number of unbranched alkanes of at least 4 members (excludes halogenated alkanes) is 3. The van der Waals surface area contributed by atoms with Crippen LogP contribution in [-0.4, -0.2) is 32.0 Å². The average Bonchev–Trinajstić information content (AvgIpc) is 3.62. The molecule has 0 saturated carbocycles. The van der Waals surface area contributed by atoms with Crippen LogP contribution in [0, 0.1) is 6.92 Å². The zero-order chi connectivity index (χ0) is 35.0. The summed E-state index contributed by atoms with van der Waals surface area (Å²) >= 11 is 0. The maximum atomic E-state index is 12.4. The molecule has 7 nitrogen and oxygen atoms in total. The molecule has 7 heteroatoms. The Morgan fingerprint density at radius 1 is 0.800 bits per heavy atom. The molecule has 0 aliphatic heterocycles. The summed E-state index contributed by atoms with van der Waals surface area (Å²) in [5.41, 5.74) is 6.09. The summed E-state index contributed by atoms with van der Waals surface area (Å²) in [6.45, 7) is 9.21. The van der Waals surface area contributed by atoms with Crippen LogP contribution in [0.15, 0.2) is 110 Å².